The van der Waals surface area contributed by atoms with Gasteiger partial charge >= 0.3 is 5.97 Å². The lowest BCUT2D eigenvalue weighted by molar-refractivity contribution is -0.145. The quantitative estimate of drug-likeness (QED) is 0.0494. The van der Waals surface area contributed by atoms with E-state index in [2.05, 4.69) is 75.1 Å². The van der Waals surface area contributed by atoms with E-state index in [-0.39, 0.29) is 18.0 Å². The highest BCUT2D eigenvalue weighted by Crippen LogP contribution is 2.55. The third-order valence-electron chi connectivity index (χ3n) is 14.8. The van der Waals surface area contributed by atoms with Crippen LogP contribution in [0.25, 0.3) is 6.08 Å². The molecule has 1 unspecified atom stereocenters. The van der Waals surface area contributed by atoms with E-state index in [1.165, 1.54) is 217 Å². The van der Waals surface area contributed by atoms with Crippen molar-refractivity contribution in [2.45, 2.75) is 277 Å². The predicted molar refractivity (Wildman–Crippen MR) is 278 cm³/mol. The summed E-state index contributed by atoms with van der Waals surface area (Å²) in [5.41, 5.74) is 3.61. The Morgan fingerprint density at radius 3 is 1.49 bits per heavy atom. The van der Waals surface area contributed by atoms with Crippen LogP contribution in [0, 0.1) is 11.3 Å². The molecule has 2 aliphatic rings. The number of carbonyl (C=O) groups is 1. The maximum atomic E-state index is 13.1. The Balaban J connectivity index is 1.15. The van der Waals surface area contributed by atoms with E-state index >= 15 is 0 Å². The van der Waals surface area contributed by atoms with Crippen LogP contribution in [0.5, 0.6) is 5.75 Å². The van der Waals surface area contributed by atoms with E-state index in [0.29, 0.717) is 12.0 Å². The van der Waals surface area contributed by atoms with Gasteiger partial charge in [0.1, 0.15) is 12.4 Å². The number of carbonyl (C=O) groups excluding carboxylic acids is 1. The first-order valence-corrected chi connectivity index (χ1v) is 27.9. The highest BCUT2D eigenvalue weighted by atomic mass is 16.5. The van der Waals surface area contributed by atoms with Crippen molar-refractivity contribution in [3.63, 3.8) is 0 Å². The first-order valence-electron chi connectivity index (χ1n) is 27.9. The van der Waals surface area contributed by atoms with Gasteiger partial charge in [0.25, 0.3) is 0 Å². The van der Waals surface area contributed by atoms with Gasteiger partial charge in [-0.15, -0.1) is 0 Å². The molecule has 364 valence electrons. The molecule has 2 aromatic carbocycles. The van der Waals surface area contributed by atoms with Crippen LogP contribution in [0.3, 0.4) is 0 Å². The molecule has 65 heavy (non-hydrogen) atoms. The second-order valence-electron chi connectivity index (χ2n) is 20.7. The summed E-state index contributed by atoms with van der Waals surface area (Å²) in [6, 6.07) is 14.8. The van der Waals surface area contributed by atoms with Gasteiger partial charge in [0.2, 0.25) is 5.72 Å². The van der Waals surface area contributed by atoms with E-state index in [4.69, 9.17) is 9.47 Å². The third kappa shape index (κ3) is 18.7. The van der Waals surface area contributed by atoms with Gasteiger partial charge in [0, 0.05) is 29.8 Å². The summed E-state index contributed by atoms with van der Waals surface area (Å²) in [6.07, 6.45) is 51.8. The summed E-state index contributed by atoms with van der Waals surface area (Å²) in [5, 5.41) is 9.95. The summed E-state index contributed by atoms with van der Waals surface area (Å²) in [5.74, 6) is 0.550. The van der Waals surface area contributed by atoms with Crippen LogP contribution in [0.2, 0.25) is 0 Å². The fraction of sp³-hybridized carbons (Fsp3) is 0.733. The van der Waals surface area contributed by atoms with Crippen molar-refractivity contribution in [1.29, 1.82) is 5.26 Å². The molecule has 2 aliphatic heterocycles. The molecule has 1 spiro atoms. The number of unbranched alkanes of at least 4 members (excludes halogenated alkanes) is 33. The molecule has 0 saturated heterocycles. The second-order valence-corrected chi connectivity index (χ2v) is 20.7. The van der Waals surface area contributed by atoms with Crippen molar-refractivity contribution in [3.8, 4) is 11.8 Å². The SMILES string of the molecule is CCCCCCCCCCCCCCCCCCCCCC(=O)OCc1cc(C#N)cc2c1OC1(C=C2)N(CCCCCCCCCCCCCCCCCC)c2ccccc2C1(C)C. The van der Waals surface area contributed by atoms with Crippen molar-refractivity contribution in [2.75, 3.05) is 11.4 Å². The molecule has 1 atom stereocenters. The Morgan fingerprint density at radius 1 is 0.600 bits per heavy atom. The predicted octanol–water partition coefficient (Wildman–Crippen LogP) is 18.6. The number of rotatable bonds is 39. The molecule has 0 N–H and O–H groups in total. The number of nitriles is 1. The number of hydrogen-bond acceptors (Lipinski definition) is 5. The monoisotopic (exact) mass is 893 g/mol. The van der Waals surface area contributed by atoms with E-state index in [1.807, 2.05) is 12.1 Å². The average Bonchev–Trinajstić information content (AvgIpc) is 3.49. The lowest BCUT2D eigenvalue weighted by Crippen LogP contribution is -2.59. The van der Waals surface area contributed by atoms with Gasteiger partial charge in [0.15, 0.2) is 0 Å². The zero-order valence-electron chi connectivity index (χ0n) is 42.6. The molecule has 0 radical (unpaired) electrons. The minimum atomic E-state index is -0.737. The van der Waals surface area contributed by atoms with E-state index in [0.717, 1.165) is 42.7 Å². The fourth-order valence-electron chi connectivity index (χ4n) is 10.6. The molecule has 2 aromatic rings. The Labute approximate surface area is 400 Å². The molecule has 0 saturated carbocycles. The Kier molecular flexibility index (Phi) is 27.1. The number of ether oxygens (including phenoxy) is 2. The Bertz CT molecular complexity index is 1660. The number of hydrogen-bond donors (Lipinski definition) is 0. The summed E-state index contributed by atoms with van der Waals surface area (Å²) in [7, 11) is 0. The van der Waals surface area contributed by atoms with Crippen LogP contribution in [0.15, 0.2) is 42.5 Å². The van der Waals surface area contributed by atoms with Gasteiger partial charge < -0.3 is 14.4 Å². The number of anilines is 1. The van der Waals surface area contributed by atoms with Crippen molar-refractivity contribution in [1.82, 2.24) is 0 Å². The molecule has 2 heterocycles. The minimum Gasteiger partial charge on any atom is -0.462 e. The summed E-state index contributed by atoms with van der Waals surface area (Å²) < 4.78 is 13.2. The molecule has 0 aromatic heterocycles. The molecule has 5 nitrogen and oxygen atoms in total. The van der Waals surface area contributed by atoms with Crippen molar-refractivity contribution < 1.29 is 14.3 Å². The van der Waals surface area contributed by atoms with Crippen LogP contribution in [-0.4, -0.2) is 18.2 Å². The Morgan fingerprint density at radius 2 is 1.03 bits per heavy atom. The van der Waals surface area contributed by atoms with Crippen LogP contribution in [0.4, 0.5) is 5.69 Å². The van der Waals surface area contributed by atoms with Crippen LogP contribution in [-0.2, 0) is 21.6 Å². The molecule has 4 rings (SSSR count). The topological polar surface area (TPSA) is 62.6 Å². The van der Waals surface area contributed by atoms with Crippen LogP contribution in [0.1, 0.15) is 281 Å². The van der Waals surface area contributed by atoms with Gasteiger partial charge in [-0.05, 0) is 62.6 Å². The van der Waals surface area contributed by atoms with Gasteiger partial charge in [-0.2, -0.15) is 5.26 Å². The maximum absolute atomic E-state index is 13.1. The molecule has 5 heteroatoms. The van der Waals surface area contributed by atoms with E-state index in [9.17, 15) is 10.1 Å². The summed E-state index contributed by atoms with van der Waals surface area (Å²) >= 11 is 0. The van der Waals surface area contributed by atoms with Gasteiger partial charge in [-0.1, -0.05) is 244 Å². The van der Waals surface area contributed by atoms with Gasteiger partial charge in [-0.3, -0.25) is 4.79 Å². The largest absolute Gasteiger partial charge is 0.462 e. The smallest absolute Gasteiger partial charge is 0.306 e. The molecular formula is C60H96N2O3. The first-order chi connectivity index (χ1) is 31.9. The number of esters is 1. The second kappa shape index (κ2) is 32.4. The van der Waals surface area contributed by atoms with Gasteiger partial charge in [-0.25, -0.2) is 0 Å². The number of fused-ring (bicyclic) bond motifs is 2. The van der Waals surface area contributed by atoms with Crippen LogP contribution < -0.4 is 9.64 Å². The van der Waals surface area contributed by atoms with Crippen molar-refractivity contribution in [3.05, 3.63) is 64.7 Å². The lowest BCUT2D eigenvalue weighted by Gasteiger charge is -2.47. The molecule has 0 aliphatic carbocycles. The molecule has 0 bridgehead atoms. The first kappa shape index (κ1) is 54.3. The number of para-hydroxylation sites is 1. The van der Waals surface area contributed by atoms with Crippen LogP contribution >= 0.6 is 0 Å². The fourth-order valence-corrected chi connectivity index (χ4v) is 10.6. The molecular weight excluding hydrogens is 797 g/mol. The van der Waals surface area contributed by atoms with Crippen molar-refractivity contribution in [2.24, 2.45) is 0 Å². The summed E-state index contributed by atoms with van der Waals surface area (Å²) in [4.78, 5) is 15.5. The van der Waals surface area contributed by atoms with Gasteiger partial charge in [0.05, 0.1) is 17.0 Å². The highest BCUT2D eigenvalue weighted by Gasteiger charge is 2.58. The number of nitrogens with zero attached hydrogens (tertiary/aromatic N) is 2. The number of benzene rings is 2. The standard InChI is InChI=1S/C60H96N2O3/c1-5-7-9-11-13-15-17-19-21-23-24-25-26-28-30-32-34-36-38-44-57(63)64-51-54-49-52(50-61)48-53-45-46-60(65-58(53)54)59(3,4)55-42-39-40-43-56(55)62(60)47-41-37-35-33-31-29-27-22-20-18-16-14-12-10-8-6-2/h39-40,42-43,45-46,48-49H,5-38,41,44,47,51H2,1-4H3. The zero-order chi connectivity index (χ0) is 46.3. The maximum Gasteiger partial charge on any atom is 0.306 e. The Hall–Kier alpha value is -3.26. The van der Waals surface area contributed by atoms with E-state index in [1.54, 1.807) is 0 Å². The average molecular weight is 893 g/mol. The molecule has 0 fully saturated rings. The van der Waals surface area contributed by atoms with E-state index < -0.39 is 5.72 Å². The normalized spacial score (nSPS) is 15.8. The summed E-state index contributed by atoms with van der Waals surface area (Å²) in [6.45, 7) is 10.2. The zero-order valence-corrected chi connectivity index (χ0v) is 42.6. The van der Waals surface area contributed by atoms with Crippen molar-refractivity contribution >= 4 is 17.7 Å². The molecule has 0 amide bonds. The highest BCUT2D eigenvalue weighted by molar-refractivity contribution is 5.74. The third-order valence-corrected chi connectivity index (χ3v) is 14.8. The lowest BCUT2D eigenvalue weighted by atomic mass is 9.76. The minimum absolute atomic E-state index is 0.103.